The highest BCUT2D eigenvalue weighted by atomic mass is 32.2. The van der Waals surface area contributed by atoms with Crippen LogP contribution in [0.15, 0.2) is 88.8 Å². The van der Waals surface area contributed by atoms with E-state index >= 15 is 0 Å². The lowest BCUT2D eigenvalue weighted by atomic mass is 10.1. The first kappa shape index (κ1) is 24.0. The molecule has 0 aliphatic carbocycles. The Morgan fingerprint density at radius 1 is 0.861 bits per heavy atom. The Kier molecular flexibility index (Phi) is 6.99. The fourth-order valence-electron chi connectivity index (χ4n) is 4.01. The number of morpholine rings is 1. The maximum Gasteiger partial charge on any atom is 0.323 e. The molecule has 2 aliphatic rings. The number of nitrogens with zero attached hydrogens (tertiary/aromatic N) is 2. The number of carbonyl (C=O) groups excluding carboxylic acids is 1. The molecular weight excluding hydrogens is 480 g/mol. The number of sulfonamides is 1. The van der Waals surface area contributed by atoms with E-state index in [2.05, 4.69) is 15.6 Å². The molecule has 1 atom stereocenters. The van der Waals surface area contributed by atoms with Crippen molar-refractivity contribution in [3.8, 4) is 0 Å². The number of aliphatic imine (C=N–C) groups is 1. The zero-order chi connectivity index (χ0) is 25.0. The highest BCUT2D eigenvalue weighted by Crippen LogP contribution is 2.25. The molecule has 2 heterocycles. The molecule has 1 saturated heterocycles. The van der Waals surface area contributed by atoms with E-state index in [1.54, 1.807) is 24.3 Å². The van der Waals surface area contributed by atoms with Crippen LogP contribution < -0.4 is 10.6 Å². The van der Waals surface area contributed by atoms with Gasteiger partial charge in [-0.3, -0.25) is 0 Å². The molecule has 0 radical (unpaired) electrons. The largest absolute Gasteiger partial charge is 0.475 e. The number of anilines is 2. The van der Waals surface area contributed by atoms with Crippen LogP contribution in [-0.2, 0) is 19.5 Å². The van der Waals surface area contributed by atoms with E-state index in [0.29, 0.717) is 50.2 Å². The predicted molar refractivity (Wildman–Crippen MR) is 137 cm³/mol. The molecular formula is C26H26N4O5S. The second-order valence-electron chi connectivity index (χ2n) is 8.37. The molecule has 3 aromatic rings. The van der Waals surface area contributed by atoms with Crippen LogP contribution in [-0.4, -0.2) is 57.6 Å². The van der Waals surface area contributed by atoms with Crippen molar-refractivity contribution in [2.24, 2.45) is 4.99 Å². The van der Waals surface area contributed by atoms with E-state index in [9.17, 15) is 13.2 Å². The quantitative estimate of drug-likeness (QED) is 0.528. The standard InChI is InChI=1S/C26H26N4O5S/c31-26(28-22-10-12-23(13-11-22)36(32,33)30-14-16-34-17-15-30)27-21-8-6-20(7-9-21)25-29-24(18-35-25)19-4-2-1-3-5-19/h1-13,24H,14-18H2,(H2,27,28,31)/t24-/m1/s1. The fourth-order valence-corrected chi connectivity index (χ4v) is 5.42. The Hall–Kier alpha value is -3.73. The number of rotatable bonds is 6. The van der Waals surface area contributed by atoms with Gasteiger partial charge in [-0.15, -0.1) is 0 Å². The summed E-state index contributed by atoms with van der Waals surface area (Å²) in [6.45, 7) is 1.92. The highest BCUT2D eigenvalue weighted by Gasteiger charge is 2.26. The normalized spacial score (nSPS) is 18.2. The van der Waals surface area contributed by atoms with E-state index < -0.39 is 16.1 Å². The Balaban J connectivity index is 1.17. The maximum atomic E-state index is 12.7. The topological polar surface area (TPSA) is 109 Å². The van der Waals surface area contributed by atoms with Gasteiger partial charge in [0.05, 0.1) is 18.1 Å². The zero-order valence-corrected chi connectivity index (χ0v) is 20.3. The lowest BCUT2D eigenvalue weighted by Gasteiger charge is -2.26. The van der Waals surface area contributed by atoms with E-state index in [0.717, 1.165) is 11.1 Å². The van der Waals surface area contributed by atoms with E-state index in [1.165, 1.54) is 16.4 Å². The summed E-state index contributed by atoms with van der Waals surface area (Å²) in [4.78, 5) is 17.3. The van der Waals surface area contributed by atoms with Gasteiger partial charge in [-0.05, 0) is 54.1 Å². The van der Waals surface area contributed by atoms with Crippen molar-refractivity contribution < 1.29 is 22.7 Å². The number of carbonyl (C=O) groups is 1. The third-order valence-electron chi connectivity index (χ3n) is 5.95. The highest BCUT2D eigenvalue weighted by molar-refractivity contribution is 7.89. The first-order valence-corrected chi connectivity index (χ1v) is 13.0. The van der Waals surface area contributed by atoms with E-state index in [-0.39, 0.29) is 10.9 Å². The number of benzene rings is 3. The van der Waals surface area contributed by atoms with E-state index in [1.807, 2.05) is 42.5 Å². The average molecular weight is 507 g/mol. The van der Waals surface area contributed by atoms with Crippen LogP contribution in [0.4, 0.5) is 16.2 Å². The fraction of sp³-hybridized carbons (Fsp3) is 0.231. The summed E-state index contributed by atoms with van der Waals surface area (Å²) in [5, 5.41) is 5.48. The van der Waals surface area contributed by atoms with Crippen molar-refractivity contribution in [2.45, 2.75) is 10.9 Å². The van der Waals surface area contributed by atoms with Gasteiger partial charge in [-0.25, -0.2) is 18.2 Å². The number of nitrogens with one attached hydrogen (secondary N) is 2. The van der Waals surface area contributed by atoms with Crippen molar-refractivity contribution in [2.75, 3.05) is 43.5 Å². The monoisotopic (exact) mass is 506 g/mol. The summed E-state index contributed by atoms with van der Waals surface area (Å²) < 4.78 is 37.9. The minimum absolute atomic E-state index is 0.0278. The first-order valence-electron chi connectivity index (χ1n) is 11.6. The maximum absolute atomic E-state index is 12.7. The summed E-state index contributed by atoms with van der Waals surface area (Å²) in [6, 6.07) is 22.9. The number of hydrogen-bond acceptors (Lipinski definition) is 6. The van der Waals surface area contributed by atoms with Crippen LogP contribution in [0.2, 0.25) is 0 Å². The van der Waals surface area contributed by atoms with Gasteiger partial charge in [0.25, 0.3) is 0 Å². The van der Waals surface area contributed by atoms with Gasteiger partial charge in [-0.1, -0.05) is 30.3 Å². The second-order valence-corrected chi connectivity index (χ2v) is 10.3. The molecule has 9 nitrogen and oxygen atoms in total. The smallest absolute Gasteiger partial charge is 0.323 e. The van der Waals surface area contributed by atoms with Gasteiger partial charge < -0.3 is 20.1 Å². The lowest BCUT2D eigenvalue weighted by Crippen LogP contribution is -2.40. The SMILES string of the molecule is O=C(Nc1ccc(C2=N[C@@H](c3ccccc3)CO2)cc1)Nc1ccc(S(=O)(=O)N2CCOCC2)cc1. The Morgan fingerprint density at radius 2 is 1.47 bits per heavy atom. The molecule has 0 bridgehead atoms. The number of hydrogen-bond donors (Lipinski definition) is 2. The molecule has 2 N–H and O–H groups in total. The molecule has 36 heavy (non-hydrogen) atoms. The van der Waals surface area contributed by atoms with Crippen LogP contribution in [0.5, 0.6) is 0 Å². The van der Waals surface area contributed by atoms with Crippen molar-refractivity contribution in [3.63, 3.8) is 0 Å². The van der Waals surface area contributed by atoms with Gasteiger partial charge >= 0.3 is 6.03 Å². The zero-order valence-electron chi connectivity index (χ0n) is 19.5. The lowest BCUT2D eigenvalue weighted by molar-refractivity contribution is 0.0730. The van der Waals surface area contributed by atoms with Crippen LogP contribution in [0.25, 0.3) is 0 Å². The van der Waals surface area contributed by atoms with Crippen molar-refractivity contribution in [1.82, 2.24) is 4.31 Å². The molecule has 5 rings (SSSR count). The van der Waals surface area contributed by atoms with E-state index in [4.69, 9.17) is 9.47 Å². The van der Waals surface area contributed by atoms with Crippen LogP contribution in [0.1, 0.15) is 17.2 Å². The van der Waals surface area contributed by atoms with Crippen molar-refractivity contribution >= 4 is 33.3 Å². The van der Waals surface area contributed by atoms with Crippen LogP contribution in [0, 0.1) is 0 Å². The summed E-state index contributed by atoms with van der Waals surface area (Å²) >= 11 is 0. The van der Waals surface area contributed by atoms with Crippen molar-refractivity contribution in [1.29, 1.82) is 0 Å². The van der Waals surface area contributed by atoms with Crippen molar-refractivity contribution in [3.05, 3.63) is 90.0 Å². The summed E-state index contributed by atoms with van der Waals surface area (Å²) in [7, 11) is -3.58. The van der Waals surface area contributed by atoms with Gasteiger partial charge in [0.15, 0.2) is 0 Å². The minimum Gasteiger partial charge on any atom is -0.475 e. The Morgan fingerprint density at radius 3 is 2.11 bits per heavy atom. The minimum atomic E-state index is -3.58. The molecule has 0 saturated carbocycles. The molecule has 186 valence electrons. The Labute approximate surface area is 209 Å². The second kappa shape index (κ2) is 10.5. The summed E-state index contributed by atoms with van der Waals surface area (Å²) in [5.74, 6) is 0.576. The molecule has 1 fully saturated rings. The van der Waals surface area contributed by atoms with Crippen LogP contribution in [0.3, 0.4) is 0 Å². The number of urea groups is 1. The molecule has 0 aromatic heterocycles. The van der Waals surface area contributed by atoms with Gasteiger partial charge in [0, 0.05) is 30.0 Å². The first-order chi connectivity index (χ1) is 17.5. The Bertz CT molecular complexity index is 1340. The average Bonchev–Trinajstić information content (AvgIpc) is 3.41. The van der Waals surface area contributed by atoms with Gasteiger partial charge in [0.1, 0.15) is 12.6 Å². The third-order valence-corrected chi connectivity index (χ3v) is 7.86. The predicted octanol–water partition coefficient (Wildman–Crippen LogP) is 3.87. The van der Waals surface area contributed by atoms with Crippen LogP contribution >= 0.6 is 0 Å². The molecule has 2 aliphatic heterocycles. The van der Waals surface area contributed by atoms with Gasteiger partial charge in [-0.2, -0.15) is 4.31 Å². The molecule has 0 spiro atoms. The third kappa shape index (κ3) is 5.40. The number of amides is 2. The molecule has 2 amide bonds. The summed E-state index contributed by atoms with van der Waals surface area (Å²) in [6.07, 6.45) is 0. The molecule has 0 unspecified atom stereocenters. The molecule has 10 heteroatoms. The molecule has 3 aromatic carbocycles. The summed E-state index contributed by atoms with van der Waals surface area (Å²) in [5.41, 5.74) is 3.01. The van der Waals surface area contributed by atoms with Gasteiger partial charge in [0.2, 0.25) is 15.9 Å². The number of ether oxygens (including phenoxy) is 2.